The van der Waals surface area contributed by atoms with E-state index in [0.717, 1.165) is 6.08 Å². The lowest BCUT2D eigenvalue weighted by Crippen LogP contribution is -2.46. The molecule has 0 aromatic heterocycles. The molecule has 0 amide bonds. The van der Waals surface area contributed by atoms with Crippen LogP contribution in [0.1, 0.15) is 0 Å². The Hall–Kier alpha value is -1.56. The fourth-order valence-corrected chi connectivity index (χ4v) is 0.846. The zero-order valence-electron chi connectivity index (χ0n) is 6.07. The van der Waals surface area contributed by atoms with E-state index in [1.54, 1.807) is 0 Å². The summed E-state index contributed by atoms with van der Waals surface area (Å²) in [5.74, 6) is -2.24. The van der Waals surface area contributed by atoms with Crippen LogP contribution in [0.3, 0.4) is 0 Å². The van der Waals surface area contributed by atoms with Gasteiger partial charge in [-0.3, -0.25) is 10.1 Å². The van der Waals surface area contributed by atoms with Crippen molar-refractivity contribution in [3.8, 4) is 0 Å². The Kier molecular flexibility index (Phi) is 2.29. The highest BCUT2D eigenvalue weighted by atomic mass is 16.4. The van der Waals surface area contributed by atoms with E-state index >= 15 is 0 Å². The first-order valence-corrected chi connectivity index (χ1v) is 3.26. The fraction of sp³-hybridized carbons (Fsp3) is 0.333. The largest absolute Gasteiger partial charge is 0.480 e. The number of aliphatic carboxylic acids is 2. The summed E-state index contributed by atoms with van der Waals surface area (Å²) in [6.45, 7) is 0.148. The van der Waals surface area contributed by atoms with E-state index in [1.807, 2.05) is 0 Å². The standard InChI is InChI=1S/C6H8N2O4/c9-5(10)3-1-4(6(11)12)8-2-7-3/h1,3,7-8H,2H2,(H,9,10)(H,11,12). The van der Waals surface area contributed by atoms with Crippen LogP contribution in [0.25, 0.3) is 0 Å². The Balaban J connectivity index is 2.76. The van der Waals surface area contributed by atoms with E-state index in [0.29, 0.717) is 0 Å². The quantitative estimate of drug-likeness (QED) is 0.407. The van der Waals surface area contributed by atoms with Gasteiger partial charge in [-0.05, 0) is 6.08 Å². The van der Waals surface area contributed by atoms with Crippen molar-refractivity contribution in [1.29, 1.82) is 0 Å². The van der Waals surface area contributed by atoms with Gasteiger partial charge in [-0.1, -0.05) is 0 Å². The molecule has 0 saturated carbocycles. The van der Waals surface area contributed by atoms with Crippen molar-refractivity contribution >= 4 is 11.9 Å². The molecule has 0 saturated heterocycles. The topological polar surface area (TPSA) is 98.7 Å². The minimum Gasteiger partial charge on any atom is -0.480 e. The number of nitrogens with one attached hydrogen (secondary N) is 2. The molecule has 0 aromatic carbocycles. The first-order chi connectivity index (χ1) is 5.61. The molecular formula is C6H8N2O4. The molecule has 0 fully saturated rings. The van der Waals surface area contributed by atoms with Crippen LogP contribution in [0.4, 0.5) is 0 Å². The Bertz CT molecular complexity index is 248. The maximum Gasteiger partial charge on any atom is 0.351 e. The zero-order valence-corrected chi connectivity index (χ0v) is 6.07. The second-order valence-corrected chi connectivity index (χ2v) is 2.26. The van der Waals surface area contributed by atoms with Gasteiger partial charge in [-0.2, -0.15) is 0 Å². The van der Waals surface area contributed by atoms with Crippen molar-refractivity contribution in [2.45, 2.75) is 6.04 Å². The third-order valence-electron chi connectivity index (χ3n) is 1.43. The van der Waals surface area contributed by atoms with Crippen LogP contribution in [-0.4, -0.2) is 34.9 Å². The van der Waals surface area contributed by atoms with Gasteiger partial charge >= 0.3 is 11.9 Å². The number of carbonyl (C=O) groups is 2. The van der Waals surface area contributed by atoms with Crippen LogP contribution in [0.2, 0.25) is 0 Å². The van der Waals surface area contributed by atoms with Gasteiger partial charge in [0.05, 0.1) is 6.67 Å². The molecule has 66 valence electrons. The molecule has 0 spiro atoms. The first kappa shape index (κ1) is 8.54. The lowest BCUT2D eigenvalue weighted by Gasteiger charge is -2.18. The molecule has 1 aliphatic rings. The highest BCUT2D eigenvalue weighted by molar-refractivity contribution is 5.88. The van der Waals surface area contributed by atoms with Gasteiger partial charge in [-0.15, -0.1) is 0 Å². The molecule has 0 radical (unpaired) electrons. The minimum atomic E-state index is -1.15. The van der Waals surface area contributed by atoms with Gasteiger partial charge in [0.25, 0.3) is 0 Å². The van der Waals surface area contributed by atoms with Gasteiger partial charge in [0, 0.05) is 0 Å². The molecular weight excluding hydrogens is 164 g/mol. The van der Waals surface area contributed by atoms with Crippen LogP contribution < -0.4 is 10.6 Å². The van der Waals surface area contributed by atoms with Crippen LogP contribution in [0.5, 0.6) is 0 Å². The van der Waals surface area contributed by atoms with Crippen molar-refractivity contribution in [2.24, 2.45) is 0 Å². The zero-order chi connectivity index (χ0) is 9.14. The Labute approximate surface area is 67.9 Å². The third kappa shape index (κ3) is 1.73. The first-order valence-electron chi connectivity index (χ1n) is 3.26. The summed E-state index contributed by atoms with van der Waals surface area (Å²) >= 11 is 0. The molecule has 0 bridgehead atoms. The van der Waals surface area contributed by atoms with Gasteiger partial charge in [0.1, 0.15) is 11.7 Å². The number of rotatable bonds is 2. The Morgan fingerprint density at radius 1 is 1.50 bits per heavy atom. The van der Waals surface area contributed by atoms with Gasteiger partial charge in [0.2, 0.25) is 0 Å². The van der Waals surface area contributed by atoms with Crippen molar-refractivity contribution in [3.63, 3.8) is 0 Å². The summed E-state index contributed by atoms with van der Waals surface area (Å²) in [5, 5.41) is 22.0. The molecule has 6 nitrogen and oxygen atoms in total. The lowest BCUT2D eigenvalue weighted by molar-refractivity contribution is -0.138. The van der Waals surface area contributed by atoms with Crippen molar-refractivity contribution in [1.82, 2.24) is 10.6 Å². The second kappa shape index (κ2) is 3.22. The average Bonchev–Trinajstić information content (AvgIpc) is 2.04. The van der Waals surface area contributed by atoms with E-state index in [9.17, 15) is 9.59 Å². The summed E-state index contributed by atoms with van der Waals surface area (Å²) < 4.78 is 0. The molecule has 1 atom stereocenters. The van der Waals surface area contributed by atoms with Crippen LogP contribution in [-0.2, 0) is 9.59 Å². The number of hydrogen-bond donors (Lipinski definition) is 4. The number of hydrogen-bond acceptors (Lipinski definition) is 4. The lowest BCUT2D eigenvalue weighted by atomic mass is 10.2. The van der Waals surface area contributed by atoms with Gasteiger partial charge in [-0.25, -0.2) is 4.79 Å². The SMILES string of the molecule is O=C(O)C1=CC(C(=O)O)NCN1. The highest BCUT2D eigenvalue weighted by Crippen LogP contribution is 1.98. The summed E-state index contributed by atoms with van der Waals surface area (Å²) in [7, 11) is 0. The van der Waals surface area contributed by atoms with Gasteiger partial charge in [0.15, 0.2) is 0 Å². The third-order valence-corrected chi connectivity index (χ3v) is 1.43. The predicted octanol–water partition coefficient (Wildman–Crippen LogP) is -1.44. The fourth-order valence-electron chi connectivity index (χ4n) is 0.846. The van der Waals surface area contributed by atoms with Crippen LogP contribution in [0, 0.1) is 0 Å². The van der Waals surface area contributed by atoms with Crippen molar-refractivity contribution < 1.29 is 19.8 Å². The van der Waals surface area contributed by atoms with Gasteiger partial charge < -0.3 is 15.5 Å². The van der Waals surface area contributed by atoms with Crippen LogP contribution >= 0.6 is 0 Å². The molecule has 1 aliphatic heterocycles. The average molecular weight is 172 g/mol. The van der Waals surface area contributed by atoms with E-state index in [2.05, 4.69) is 10.6 Å². The molecule has 6 heteroatoms. The summed E-state index contributed by atoms with van der Waals surface area (Å²) in [6.07, 6.45) is 1.12. The smallest absolute Gasteiger partial charge is 0.351 e. The summed E-state index contributed by atoms with van der Waals surface area (Å²) in [5.41, 5.74) is -0.0823. The van der Waals surface area contributed by atoms with Crippen LogP contribution in [0.15, 0.2) is 11.8 Å². The highest BCUT2D eigenvalue weighted by Gasteiger charge is 2.21. The molecule has 1 heterocycles. The molecule has 0 aliphatic carbocycles. The molecule has 12 heavy (non-hydrogen) atoms. The second-order valence-electron chi connectivity index (χ2n) is 2.26. The van der Waals surface area contributed by atoms with E-state index in [-0.39, 0.29) is 12.4 Å². The minimum absolute atomic E-state index is 0.0823. The maximum atomic E-state index is 10.4. The number of carboxylic acid groups (broad SMARTS) is 2. The molecule has 1 unspecified atom stereocenters. The predicted molar refractivity (Wildman–Crippen MR) is 38.3 cm³/mol. The molecule has 1 rings (SSSR count). The Morgan fingerprint density at radius 3 is 2.67 bits per heavy atom. The molecule has 4 N–H and O–H groups in total. The summed E-state index contributed by atoms with van der Waals surface area (Å²) in [4.78, 5) is 20.8. The van der Waals surface area contributed by atoms with E-state index in [4.69, 9.17) is 10.2 Å². The van der Waals surface area contributed by atoms with Crippen molar-refractivity contribution in [2.75, 3.05) is 6.67 Å². The van der Waals surface area contributed by atoms with E-state index < -0.39 is 18.0 Å². The Morgan fingerprint density at radius 2 is 2.17 bits per heavy atom. The number of carboxylic acids is 2. The monoisotopic (exact) mass is 172 g/mol. The normalized spacial score (nSPS) is 22.3. The van der Waals surface area contributed by atoms with E-state index in [1.165, 1.54) is 0 Å². The maximum absolute atomic E-state index is 10.4. The molecule has 0 aromatic rings. The van der Waals surface area contributed by atoms with Crippen molar-refractivity contribution in [3.05, 3.63) is 11.8 Å². The summed E-state index contributed by atoms with van der Waals surface area (Å²) in [6, 6.07) is -0.919.